The van der Waals surface area contributed by atoms with Gasteiger partial charge in [-0.3, -0.25) is 14.2 Å². The fourth-order valence-corrected chi connectivity index (χ4v) is 7.97. The maximum atomic E-state index is 13.6. The van der Waals surface area contributed by atoms with Gasteiger partial charge in [-0.25, -0.2) is 23.4 Å². The van der Waals surface area contributed by atoms with Gasteiger partial charge in [0.2, 0.25) is 20.9 Å². The minimum Gasteiger partial charge on any atom is -0.361 e. The average Bonchev–Trinajstić information content (AvgIpc) is 3.14. The summed E-state index contributed by atoms with van der Waals surface area (Å²) < 4.78 is 30.5. The molecule has 1 aliphatic carbocycles. The summed E-state index contributed by atoms with van der Waals surface area (Å²) in [6.45, 7) is 7.66. The molecule has 7 rings (SSSR count). The van der Waals surface area contributed by atoms with E-state index in [1.54, 1.807) is 47.2 Å². The van der Waals surface area contributed by atoms with Crippen LogP contribution < -0.4 is 22.2 Å². The summed E-state index contributed by atoms with van der Waals surface area (Å²) in [7, 11) is -4.79. The molecule has 4 aromatic heterocycles. The number of ether oxygens (including phenoxy) is 1. The number of aromatic nitrogens is 6. The van der Waals surface area contributed by atoms with Crippen LogP contribution in [0.5, 0.6) is 0 Å². The fourth-order valence-electron chi connectivity index (χ4n) is 6.24. The van der Waals surface area contributed by atoms with Crippen molar-refractivity contribution in [3.05, 3.63) is 104 Å². The zero-order valence-electron chi connectivity index (χ0n) is 31.6. The van der Waals surface area contributed by atoms with Crippen LogP contribution in [-0.2, 0) is 21.3 Å². The second-order valence-electron chi connectivity index (χ2n) is 15.1. The van der Waals surface area contributed by atoms with Crippen LogP contribution in [0, 0.1) is 0 Å². The molecule has 1 aliphatic rings. The Labute approximate surface area is 335 Å². The molecule has 0 atom stereocenters. The third-order valence-electron chi connectivity index (χ3n) is 9.38. The van der Waals surface area contributed by atoms with E-state index in [9.17, 15) is 18.0 Å². The number of pyridine rings is 2. The first-order valence-corrected chi connectivity index (χ1v) is 24.5. The monoisotopic (exact) mass is 834 g/mol. The lowest BCUT2D eigenvalue weighted by atomic mass is 9.92. The van der Waals surface area contributed by atoms with E-state index in [2.05, 4.69) is 44.9 Å². The van der Waals surface area contributed by atoms with E-state index < -0.39 is 23.5 Å². The van der Waals surface area contributed by atoms with Gasteiger partial charge < -0.3 is 20.8 Å². The van der Waals surface area contributed by atoms with Crippen molar-refractivity contribution in [1.82, 2.24) is 29.5 Å². The van der Waals surface area contributed by atoms with Crippen LogP contribution in [0.1, 0.15) is 25.7 Å². The lowest BCUT2D eigenvalue weighted by Crippen LogP contribution is -2.33. The molecule has 0 radical (unpaired) electrons. The van der Waals surface area contributed by atoms with E-state index in [1.807, 2.05) is 24.3 Å². The molecule has 17 heteroatoms. The van der Waals surface area contributed by atoms with Crippen molar-refractivity contribution >= 4 is 69.1 Å². The number of sulfone groups is 1. The highest BCUT2D eigenvalue weighted by atomic mass is 35.5. The number of nitrogens with two attached hydrogens (primary N) is 1. The van der Waals surface area contributed by atoms with Crippen LogP contribution in [0.2, 0.25) is 35.7 Å². The molecule has 1 fully saturated rings. The van der Waals surface area contributed by atoms with Crippen molar-refractivity contribution in [3.8, 4) is 22.3 Å². The third kappa shape index (κ3) is 10.1. The fraction of sp³-hybridized carbons (Fsp3) is 0.333. The lowest BCUT2D eigenvalue weighted by molar-refractivity contribution is 0.0876. The Kier molecular flexibility index (Phi) is 12.7. The zero-order chi connectivity index (χ0) is 40.2. The molecule has 0 amide bonds. The Morgan fingerprint density at radius 2 is 1.48 bits per heavy atom. The quantitative estimate of drug-likeness (QED) is 0.0723. The number of hydrogen-bond donors (Lipinski definition) is 3. The summed E-state index contributed by atoms with van der Waals surface area (Å²) in [4.78, 5) is 45.4. The molecule has 13 nitrogen and oxygen atoms in total. The number of rotatable bonds is 10. The van der Waals surface area contributed by atoms with Crippen molar-refractivity contribution in [2.45, 2.75) is 75.3 Å². The van der Waals surface area contributed by atoms with Crippen LogP contribution in [0.25, 0.3) is 44.3 Å². The van der Waals surface area contributed by atoms with Gasteiger partial charge in [0.05, 0.1) is 0 Å². The van der Waals surface area contributed by atoms with Crippen molar-refractivity contribution in [1.29, 1.82) is 0 Å². The SMILES string of the molecule is CS(=O)(=O)c1ncc2cc(-c3ccccc3Cl)c(=O)[nH]c2n1.C[Si](C)(C)CCOCn1c(=O)c(-c2ccccc2Cl)cc2cnc(NC3CCC(N)CC3)nc21. The number of nitrogens with one attached hydrogen (secondary N) is 2. The van der Waals surface area contributed by atoms with Crippen molar-refractivity contribution in [3.63, 3.8) is 0 Å². The molecule has 0 saturated heterocycles. The first-order valence-electron chi connectivity index (χ1n) is 18.2. The van der Waals surface area contributed by atoms with E-state index in [4.69, 9.17) is 38.7 Å². The van der Waals surface area contributed by atoms with Crippen LogP contribution in [-0.4, -0.2) is 70.9 Å². The number of hydrogen-bond acceptors (Lipinski definition) is 11. The number of fused-ring (bicyclic) bond motifs is 2. The maximum absolute atomic E-state index is 13.6. The van der Waals surface area contributed by atoms with Crippen molar-refractivity contribution < 1.29 is 13.2 Å². The smallest absolute Gasteiger partial charge is 0.262 e. The Morgan fingerprint density at radius 3 is 2.11 bits per heavy atom. The topological polar surface area (TPSA) is 188 Å². The molecule has 0 bridgehead atoms. The first kappa shape index (κ1) is 41.1. The highest BCUT2D eigenvalue weighted by Crippen LogP contribution is 2.29. The molecule has 0 unspecified atom stereocenters. The normalized spacial score (nSPS) is 16.1. The van der Waals surface area contributed by atoms with E-state index in [1.165, 1.54) is 6.20 Å². The molecule has 1 saturated carbocycles. The highest BCUT2D eigenvalue weighted by Gasteiger charge is 2.21. The minimum absolute atomic E-state index is 0.132. The van der Waals surface area contributed by atoms with Gasteiger partial charge in [0.15, 0.2) is 0 Å². The van der Waals surface area contributed by atoms with Gasteiger partial charge in [-0.05, 0) is 56.0 Å². The predicted octanol–water partition coefficient (Wildman–Crippen LogP) is 7.15. The summed E-state index contributed by atoms with van der Waals surface area (Å²) in [5.41, 5.74) is 8.33. The molecule has 4 heterocycles. The van der Waals surface area contributed by atoms with Crippen LogP contribution in [0.15, 0.2) is 87.8 Å². The number of anilines is 1. The molecular weight excluding hydrogens is 792 g/mol. The number of H-pyrrole nitrogens is 1. The van der Waals surface area contributed by atoms with Gasteiger partial charge in [-0.2, -0.15) is 4.98 Å². The van der Waals surface area contributed by atoms with Gasteiger partial charge >= 0.3 is 0 Å². The molecule has 6 aromatic rings. The van der Waals surface area contributed by atoms with Crippen molar-refractivity contribution in [2.24, 2.45) is 5.73 Å². The Morgan fingerprint density at radius 1 is 0.875 bits per heavy atom. The summed E-state index contributed by atoms with van der Waals surface area (Å²) in [5.74, 6) is 0.522. The number of benzene rings is 2. The van der Waals surface area contributed by atoms with E-state index >= 15 is 0 Å². The summed E-state index contributed by atoms with van der Waals surface area (Å²) >= 11 is 12.5. The molecule has 294 valence electrons. The minimum atomic E-state index is -3.54. The van der Waals surface area contributed by atoms with Crippen LogP contribution in [0.3, 0.4) is 0 Å². The summed E-state index contributed by atoms with van der Waals surface area (Å²) in [6, 6.07) is 19.3. The van der Waals surface area contributed by atoms with E-state index in [0.717, 1.165) is 43.4 Å². The van der Waals surface area contributed by atoms with Crippen LogP contribution in [0.4, 0.5) is 5.95 Å². The number of nitrogens with zero attached hydrogens (tertiary/aromatic N) is 5. The Hall–Kier alpha value is -4.51. The van der Waals surface area contributed by atoms with E-state index in [0.29, 0.717) is 55.9 Å². The first-order chi connectivity index (χ1) is 26.6. The van der Waals surface area contributed by atoms with E-state index in [-0.39, 0.29) is 35.2 Å². The molecular formula is C39H44Cl2N8O5SSi. The second-order valence-corrected chi connectivity index (χ2v) is 23.4. The van der Waals surface area contributed by atoms with Gasteiger partial charge in [0.1, 0.15) is 18.0 Å². The van der Waals surface area contributed by atoms with Gasteiger partial charge in [-0.1, -0.05) is 79.2 Å². The maximum Gasteiger partial charge on any atom is 0.262 e. The standard InChI is InChI=1S/C25H34ClN5O2Si.C14H10ClN3O3S/c1-34(2,3)13-12-33-16-31-23-17(14-21(24(31)32)20-6-4-5-7-22(20)26)15-28-25(30-23)29-19-10-8-18(27)9-11-19;1-22(20,21)14-16-7-8-6-10(13(19)17-12(8)18-14)9-4-2-3-5-11(9)15/h4-7,14-15,18-19H,8-13,16,27H2,1-3H3,(H,28,29,30);2-7H,1H3,(H,16,17,18,19). The Balaban J connectivity index is 0.000000208. The molecule has 0 spiro atoms. The van der Waals surface area contributed by atoms with Crippen molar-refractivity contribution in [2.75, 3.05) is 18.2 Å². The Bertz CT molecular complexity index is 2610. The van der Waals surface area contributed by atoms with Gasteiger partial charge in [-0.15, -0.1) is 0 Å². The third-order valence-corrected chi connectivity index (χ3v) is 12.6. The lowest BCUT2D eigenvalue weighted by Gasteiger charge is -2.26. The number of aromatic amines is 1. The van der Waals surface area contributed by atoms with Gasteiger partial charge in [0, 0.05) is 88.5 Å². The number of halogens is 2. The van der Waals surface area contributed by atoms with Gasteiger partial charge in [0.25, 0.3) is 11.1 Å². The highest BCUT2D eigenvalue weighted by molar-refractivity contribution is 7.90. The predicted molar refractivity (Wildman–Crippen MR) is 226 cm³/mol. The largest absolute Gasteiger partial charge is 0.361 e. The van der Waals surface area contributed by atoms with Crippen LogP contribution >= 0.6 is 23.2 Å². The molecule has 4 N–H and O–H groups in total. The second kappa shape index (κ2) is 17.3. The molecule has 56 heavy (non-hydrogen) atoms. The average molecular weight is 836 g/mol. The zero-order valence-corrected chi connectivity index (χ0v) is 34.9. The summed E-state index contributed by atoms with van der Waals surface area (Å²) in [5, 5.41) is 5.35. The summed E-state index contributed by atoms with van der Waals surface area (Å²) in [6.07, 6.45) is 8.07. The molecule has 0 aliphatic heterocycles. The molecule has 2 aromatic carbocycles.